The van der Waals surface area contributed by atoms with E-state index in [4.69, 9.17) is 9.16 Å². The van der Waals surface area contributed by atoms with Gasteiger partial charge < -0.3 is 9.16 Å². The lowest BCUT2D eigenvalue weighted by atomic mass is 10.1. The fourth-order valence-electron chi connectivity index (χ4n) is 2.99. The summed E-state index contributed by atoms with van der Waals surface area (Å²) >= 11 is 0. The van der Waals surface area contributed by atoms with Crippen molar-refractivity contribution in [3.63, 3.8) is 0 Å². The van der Waals surface area contributed by atoms with Crippen molar-refractivity contribution < 1.29 is 14.0 Å². The highest BCUT2D eigenvalue weighted by molar-refractivity contribution is 7.38. The molecule has 1 rings (SSSR count). The van der Waals surface area contributed by atoms with E-state index in [0.29, 0.717) is 6.61 Å². The minimum atomic E-state index is -1.59. The van der Waals surface area contributed by atoms with Crippen molar-refractivity contribution in [3.8, 4) is 0 Å². The molecule has 1 saturated heterocycles. The quantitative estimate of drug-likeness (QED) is 0.332. The van der Waals surface area contributed by atoms with Crippen molar-refractivity contribution in [2.24, 2.45) is 0 Å². The predicted molar refractivity (Wildman–Crippen MR) is 88.9 cm³/mol. The number of carbonyl (C=O) groups is 1. The topological polar surface area (TPSA) is 35.5 Å². The number of carbonyl (C=O) groups excluding carboxylic acids is 1. The first-order chi connectivity index (χ1) is 9.12. The van der Waals surface area contributed by atoms with E-state index in [9.17, 15) is 4.79 Å². The summed E-state index contributed by atoms with van der Waals surface area (Å²) in [7, 11) is -2.92. The highest BCUT2D eigenvalue weighted by atomic mass is 29.3. The van der Waals surface area contributed by atoms with Gasteiger partial charge in [0.25, 0.3) is 0 Å². The smallest absolute Gasteiger partial charge is 0.330 e. The third-order valence-corrected chi connectivity index (χ3v) is 22.0. The van der Waals surface area contributed by atoms with Gasteiger partial charge in [-0.15, -0.1) is 0 Å². The van der Waals surface area contributed by atoms with Crippen LogP contribution in [0.4, 0.5) is 0 Å². The maximum absolute atomic E-state index is 11.3. The van der Waals surface area contributed by atoms with Crippen molar-refractivity contribution in [2.45, 2.75) is 70.9 Å². The molecular weight excluding hydrogens is 284 g/mol. The monoisotopic (exact) mass is 314 g/mol. The number of rotatable bonds is 5. The molecule has 1 fully saturated rings. The van der Waals surface area contributed by atoms with Crippen LogP contribution in [0.3, 0.4) is 0 Å². The Hall–Kier alpha value is -0.396. The summed E-state index contributed by atoms with van der Waals surface area (Å²) in [6, 6.07) is 2.56. The minimum absolute atomic E-state index is 0.0562. The highest BCUT2D eigenvalue weighted by Crippen LogP contribution is 2.41. The second kappa shape index (κ2) is 6.58. The Kier molecular flexibility index (Phi) is 5.81. The van der Waals surface area contributed by atoms with E-state index < -0.39 is 15.4 Å². The molecule has 116 valence electrons. The Morgan fingerprint density at radius 1 is 1.35 bits per heavy atom. The standard InChI is InChI=1S/C15H30O3Si2/c1-7-9-14(16)17-11-8-12-20(6)13-10-15(2,3)18-19(20,4)5/h7,9H,8,10-13H2,1-6H3. The number of hydrogen-bond donors (Lipinski definition) is 0. The summed E-state index contributed by atoms with van der Waals surface area (Å²) in [5.41, 5.74) is 0.0562. The molecule has 1 unspecified atom stereocenters. The molecule has 0 aromatic rings. The van der Waals surface area contributed by atoms with Crippen LogP contribution >= 0.6 is 0 Å². The van der Waals surface area contributed by atoms with Gasteiger partial charge in [0, 0.05) is 6.08 Å². The SMILES string of the molecule is CC=CC(=O)OCCC[Si]1(C)CCC(C)(C)O[Si]1(C)C. The molecule has 0 bridgehead atoms. The van der Waals surface area contributed by atoms with Crippen molar-refractivity contribution in [1.29, 1.82) is 0 Å². The summed E-state index contributed by atoms with van der Waals surface area (Å²) < 4.78 is 11.7. The lowest BCUT2D eigenvalue weighted by molar-refractivity contribution is -0.137. The van der Waals surface area contributed by atoms with Crippen molar-refractivity contribution in [3.05, 3.63) is 12.2 Å². The number of esters is 1. The van der Waals surface area contributed by atoms with Gasteiger partial charge in [-0.25, -0.2) is 4.79 Å². The number of hydrogen-bond acceptors (Lipinski definition) is 3. The van der Waals surface area contributed by atoms with E-state index in [2.05, 4.69) is 33.5 Å². The number of ether oxygens (including phenoxy) is 1. The van der Waals surface area contributed by atoms with Crippen LogP contribution in [-0.2, 0) is 14.0 Å². The minimum Gasteiger partial charge on any atom is -0.463 e. The molecule has 1 aliphatic rings. The van der Waals surface area contributed by atoms with E-state index >= 15 is 0 Å². The Morgan fingerprint density at radius 2 is 2.00 bits per heavy atom. The van der Waals surface area contributed by atoms with E-state index in [-0.39, 0.29) is 11.6 Å². The molecule has 0 aromatic carbocycles. The molecule has 0 amide bonds. The summed E-state index contributed by atoms with van der Waals surface area (Å²) in [6.07, 6.45) is 5.34. The van der Waals surface area contributed by atoms with E-state index in [1.807, 2.05) is 6.92 Å². The van der Waals surface area contributed by atoms with Crippen LogP contribution in [-0.4, -0.2) is 33.6 Å². The molecule has 0 N–H and O–H groups in total. The average molecular weight is 315 g/mol. The molecule has 0 radical (unpaired) electrons. The second-order valence-corrected chi connectivity index (χ2v) is 21.8. The van der Waals surface area contributed by atoms with Gasteiger partial charge in [-0.1, -0.05) is 24.7 Å². The highest BCUT2D eigenvalue weighted by Gasteiger charge is 2.52. The van der Waals surface area contributed by atoms with Gasteiger partial charge in [0.2, 0.25) is 0 Å². The van der Waals surface area contributed by atoms with Crippen LogP contribution in [0.25, 0.3) is 0 Å². The summed E-state index contributed by atoms with van der Waals surface area (Å²) in [5, 5.41) is 0. The number of allylic oxidation sites excluding steroid dienone is 1. The molecule has 1 heterocycles. The molecule has 0 spiro atoms. The molecule has 1 aliphatic heterocycles. The fourth-order valence-corrected chi connectivity index (χ4v) is 14.3. The third-order valence-electron chi connectivity index (χ3n) is 4.68. The van der Waals surface area contributed by atoms with Crippen LogP contribution in [0, 0.1) is 0 Å². The van der Waals surface area contributed by atoms with Crippen LogP contribution in [0.15, 0.2) is 12.2 Å². The Balaban J connectivity index is 2.48. The summed E-state index contributed by atoms with van der Waals surface area (Å²) in [6.45, 7) is 14.0. The zero-order valence-electron chi connectivity index (χ0n) is 13.9. The predicted octanol–water partition coefficient (Wildman–Crippen LogP) is 4.06. The summed E-state index contributed by atoms with van der Waals surface area (Å²) in [5.74, 6) is -0.225. The molecule has 20 heavy (non-hydrogen) atoms. The molecule has 1 atom stereocenters. The Morgan fingerprint density at radius 3 is 2.55 bits per heavy atom. The first-order valence-corrected chi connectivity index (χ1v) is 14.4. The summed E-state index contributed by atoms with van der Waals surface area (Å²) in [4.78, 5) is 11.3. The van der Waals surface area contributed by atoms with Gasteiger partial charge in [0.15, 0.2) is 7.83 Å². The van der Waals surface area contributed by atoms with Crippen LogP contribution in [0.5, 0.6) is 0 Å². The van der Waals surface area contributed by atoms with Crippen LogP contribution < -0.4 is 0 Å². The molecule has 0 aliphatic carbocycles. The zero-order chi connectivity index (χ0) is 15.4. The van der Waals surface area contributed by atoms with E-state index in [1.165, 1.54) is 24.6 Å². The van der Waals surface area contributed by atoms with E-state index in [1.54, 1.807) is 6.08 Å². The molecule has 5 heteroatoms. The van der Waals surface area contributed by atoms with Crippen LogP contribution in [0.1, 0.15) is 33.6 Å². The lowest BCUT2D eigenvalue weighted by Crippen LogP contribution is -2.65. The van der Waals surface area contributed by atoms with Crippen LogP contribution in [0.2, 0.25) is 31.7 Å². The van der Waals surface area contributed by atoms with Crippen molar-refractivity contribution >= 4 is 21.4 Å². The maximum Gasteiger partial charge on any atom is 0.330 e. The molecule has 0 saturated carbocycles. The second-order valence-electron chi connectivity index (χ2n) is 7.20. The normalized spacial score (nSPS) is 28.5. The van der Waals surface area contributed by atoms with Gasteiger partial charge in [-0.3, -0.25) is 0 Å². The Bertz CT molecular complexity index is 377. The van der Waals surface area contributed by atoms with E-state index in [0.717, 1.165) is 6.42 Å². The average Bonchev–Trinajstić information content (AvgIpc) is 2.30. The van der Waals surface area contributed by atoms with Crippen molar-refractivity contribution in [2.75, 3.05) is 6.61 Å². The largest absolute Gasteiger partial charge is 0.463 e. The first-order valence-electron chi connectivity index (χ1n) is 7.62. The molecule has 3 nitrogen and oxygen atoms in total. The van der Waals surface area contributed by atoms with Gasteiger partial charge in [0.05, 0.1) is 19.8 Å². The fraction of sp³-hybridized carbons (Fsp3) is 0.800. The maximum atomic E-state index is 11.3. The first kappa shape index (κ1) is 17.7. The van der Waals surface area contributed by atoms with Gasteiger partial charge in [-0.2, -0.15) is 0 Å². The lowest BCUT2D eigenvalue weighted by Gasteiger charge is -2.51. The molecule has 0 aromatic heterocycles. The zero-order valence-corrected chi connectivity index (χ0v) is 15.9. The van der Waals surface area contributed by atoms with Gasteiger partial charge in [0.1, 0.15) is 0 Å². The molecular formula is C15H30O3Si2. The van der Waals surface area contributed by atoms with Gasteiger partial charge in [-0.05, 0) is 46.7 Å². The van der Waals surface area contributed by atoms with Crippen molar-refractivity contribution in [1.82, 2.24) is 0 Å². The Labute approximate surface area is 125 Å². The third kappa shape index (κ3) is 4.57. The van der Waals surface area contributed by atoms with Gasteiger partial charge >= 0.3 is 5.97 Å².